The lowest BCUT2D eigenvalue weighted by molar-refractivity contribution is -0.302. The van der Waals surface area contributed by atoms with Gasteiger partial charge in [0.1, 0.15) is 30.5 Å². The highest BCUT2D eigenvalue weighted by molar-refractivity contribution is 5.80. The van der Waals surface area contributed by atoms with E-state index in [2.05, 4.69) is 31.3 Å². The number of allylic oxidation sites excluding steroid dienone is 3. The van der Waals surface area contributed by atoms with Gasteiger partial charge in [-0.15, -0.1) is 0 Å². The predicted octanol–water partition coefficient (Wildman–Crippen LogP) is 7.69. The van der Waals surface area contributed by atoms with E-state index in [1.807, 2.05) is 6.08 Å². The molecule has 0 unspecified atom stereocenters. The summed E-state index contributed by atoms with van der Waals surface area (Å²) >= 11 is 0. The van der Waals surface area contributed by atoms with E-state index in [-0.39, 0.29) is 6.61 Å². The third-order valence-electron chi connectivity index (χ3n) is 10.6. The number of rotatable bonds is 36. The molecule has 0 bridgehead atoms. The van der Waals surface area contributed by atoms with Gasteiger partial charge in [-0.1, -0.05) is 179 Å². The van der Waals surface area contributed by atoms with Crippen LogP contribution >= 0.6 is 0 Å². The number of ether oxygens (including phenoxy) is 2. The second-order valence-electron chi connectivity index (χ2n) is 15.6. The van der Waals surface area contributed by atoms with Crippen molar-refractivity contribution in [2.75, 3.05) is 13.2 Å². The molecule has 10 nitrogen and oxygen atoms in total. The van der Waals surface area contributed by atoms with E-state index in [4.69, 9.17) is 9.47 Å². The summed E-state index contributed by atoms with van der Waals surface area (Å²) in [4.78, 5) is 13.0. The van der Waals surface area contributed by atoms with E-state index in [1.165, 1.54) is 122 Å². The Labute approximate surface area is 329 Å². The van der Waals surface area contributed by atoms with Crippen LogP contribution in [0, 0.1) is 0 Å². The molecule has 0 radical (unpaired) electrons. The van der Waals surface area contributed by atoms with Crippen molar-refractivity contribution in [1.29, 1.82) is 0 Å². The lowest BCUT2D eigenvalue weighted by Gasteiger charge is -2.40. The Balaban J connectivity index is 2.45. The van der Waals surface area contributed by atoms with Gasteiger partial charge in [-0.05, 0) is 32.1 Å². The van der Waals surface area contributed by atoms with Gasteiger partial charge in [-0.25, -0.2) is 0 Å². The van der Waals surface area contributed by atoms with Crippen LogP contribution < -0.4 is 5.32 Å². The zero-order valence-corrected chi connectivity index (χ0v) is 34.3. The largest absolute Gasteiger partial charge is 0.394 e. The van der Waals surface area contributed by atoms with E-state index in [0.29, 0.717) is 19.3 Å². The minimum atomic E-state index is -1.61. The Morgan fingerprint density at radius 2 is 1.09 bits per heavy atom. The number of aliphatic hydroxyl groups is 6. The van der Waals surface area contributed by atoms with Crippen LogP contribution in [0.5, 0.6) is 0 Å². The molecule has 1 amide bonds. The summed E-state index contributed by atoms with van der Waals surface area (Å²) in [5.41, 5.74) is 0. The average molecular weight is 770 g/mol. The Morgan fingerprint density at radius 3 is 1.61 bits per heavy atom. The van der Waals surface area contributed by atoms with Crippen LogP contribution in [0.3, 0.4) is 0 Å². The van der Waals surface area contributed by atoms with Gasteiger partial charge >= 0.3 is 0 Å². The fraction of sp³-hybridized carbons (Fsp3) is 0.886. The van der Waals surface area contributed by atoms with E-state index >= 15 is 0 Å². The highest BCUT2D eigenvalue weighted by atomic mass is 16.7. The normalized spacial score (nSPS) is 22.3. The molecule has 54 heavy (non-hydrogen) atoms. The number of unbranched alkanes of at least 4 members (excludes halogenated alkanes) is 23. The maximum Gasteiger partial charge on any atom is 0.249 e. The van der Waals surface area contributed by atoms with Gasteiger partial charge in [0.05, 0.1) is 25.4 Å². The van der Waals surface area contributed by atoms with Crippen LogP contribution in [0.1, 0.15) is 187 Å². The summed E-state index contributed by atoms with van der Waals surface area (Å²) in [6.07, 6.45) is 29.8. The van der Waals surface area contributed by atoms with Gasteiger partial charge in [0.2, 0.25) is 5.91 Å². The molecule has 0 saturated carbocycles. The molecule has 1 heterocycles. The maximum absolute atomic E-state index is 13.0. The number of hydrogen-bond acceptors (Lipinski definition) is 9. The third kappa shape index (κ3) is 25.0. The first-order chi connectivity index (χ1) is 26.3. The summed E-state index contributed by atoms with van der Waals surface area (Å²) in [7, 11) is 0. The summed E-state index contributed by atoms with van der Waals surface area (Å²) < 4.78 is 11.1. The van der Waals surface area contributed by atoms with Crippen molar-refractivity contribution in [2.45, 2.75) is 236 Å². The van der Waals surface area contributed by atoms with Crippen LogP contribution in [-0.4, -0.2) is 98.7 Å². The van der Waals surface area contributed by atoms with Gasteiger partial charge in [0, 0.05) is 0 Å². The molecule has 7 N–H and O–H groups in total. The first kappa shape index (κ1) is 50.6. The molecule has 0 aromatic heterocycles. The maximum atomic E-state index is 13.0. The molecule has 1 fully saturated rings. The van der Waals surface area contributed by atoms with Crippen LogP contribution in [0.2, 0.25) is 0 Å². The van der Waals surface area contributed by atoms with E-state index in [0.717, 1.165) is 32.1 Å². The standard InChI is InChI=1S/C44H83NO9/c1-3-5-7-9-11-13-15-17-18-19-21-23-25-27-29-31-33-38(48)43(52)45-36(35-53-44-42(51)41(50)40(49)39(34-46)54-44)37(47)32-30-28-26-24-22-20-16-14-12-10-8-6-4-2/h22,24,30,32,36-42,44,46-51H,3-21,23,25-29,31,33-35H2,1-2H3,(H,45,52)/b24-22-,32-30+/t36-,37+,38-,39+,40+,41-,42+,44+/m0/s1. The number of carbonyl (C=O) groups excluding carboxylic acids is 1. The molecule has 1 aliphatic heterocycles. The molecule has 0 aromatic rings. The lowest BCUT2D eigenvalue weighted by atomic mass is 9.99. The average Bonchev–Trinajstić information content (AvgIpc) is 3.17. The van der Waals surface area contributed by atoms with Crippen molar-refractivity contribution in [2.24, 2.45) is 0 Å². The Morgan fingerprint density at radius 1 is 0.630 bits per heavy atom. The van der Waals surface area contributed by atoms with Crippen molar-refractivity contribution in [1.82, 2.24) is 5.32 Å². The molecule has 1 aliphatic rings. The van der Waals surface area contributed by atoms with Crippen LogP contribution in [0.4, 0.5) is 0 Å². The number of aliphatic hydroxyl groups excluding tert-OH is 6. The zero-order chi connectivity index (χ0) is 39.7. The zero-order valence-electron chi connectivity index (χ0n) is 34.3. The van der Waals surface area contributed by atoms with Crippen molar-refractivity contribution < 1.29 is 44.9 Å². The van der Waals surface area contributed by atoms with Gasteiger partial charge in [-0.3, -0.25) is 4.79 Å². The molecule has 318 valence electrons. The minimum Gasteiger partial charge on any atom is -0.394 e. The lowest BCUT2D eigenvalue weighted by Crippen LogP contribution is -2.60. The molecule has 0 spiro atoms. The summed E-state index contributed by atoms with van der Waals surface area (Å²) in [6.45, 7) is 3.57. The highest BCUT2D eigenvalue weighted by Gasteiger charge is 2.44. The molecule has 0 aliphatic carbocycles. The van der Waals surface area contributed by atoms with Gasteiger partial charge in [0.25, 0.3) is 0 Å². The molecule has 8 atom stereocenters. The highest BCUT2D eigenvalue weighted by Crippen LogP contribution is 2.22. The summed E-state index contributed by atoms with van der Waals surface area (Å²) in [5.74, 6) is -0.626. The molecular weight excluding hydrogens is 686 g/mol. The van der Waals surface area contributed by atoms with E-state index in [9.17, 15) is 35.4 Å². The van der Waals surface area contributed by atoms with Crippen molar-refractivity contribution >= 4 is 5.91 Å². The molecule has 10 heteroatoms. The number of carbonyl (C=O) groups is 1. The minimum absolute atomic E-state index is 0.307. The van der Waals surface area contributed by atoms with Crippen molar-refractivity contribution in [3.05, 3.63) is 24.3 Å². The Kier molecular flexibility index (Phi) is 32.7. The molecule has 0 aromatic carbocycles. The second-order valence-corrected chi connectivity index (χ2v) is 15.6. The monoisotopic (exact) mass is 770 g/mol. The summed E-state index contributed by atoms with van der Waals surface area (Å²) in [5, 5.41) is 64.5. The van der Waals surface area contributed by atoms with Crippen molar-refractivity contribution in [3.8, 4) is 0 Å². The smallest absolute Gasteiger partial charge is 0.249 e. The van der Waals surface area contributed by atoms with Crippen LogP contribution in [-0.2, 0) is 14.3 Å². The van der Waals surface area contributed by atoms with Crippen LogP contribution in [0.25, 0.3) is 0 Å². The van der Waals surface area contributed by atoms with Crippen LogP contribution in [0.15, 0.2) is 24.3 Å². The predicted molar refractivity (Wildman–Crippen MR) is 218 cm³/mol. The Hall–Kier alpha value is -1.37. The van der Waals surface area contributed by atoms with Gasteiger partial charge in [0.15, 0.2) is 6.29 Å². The first-order valence-electron chi connectivity index (χ1n) is 22.2. The topological polar surface area (TPSA) is 169 Å². The number of nitrogens with one attached hydrogen (secondary N) is 1. The van der Waals surface area contributed by atoms with E-state index < -0.39 is 61.5 Å². The first-order valence-corrected chi connectivity index (χ1v) is 22.2. The second kappa shape index (κ2) is 34.8. The SMILES string of the molecule is CCCCCCCCC/C=C\CC/C=C/[C@@H](O)[C@H](CO[C@@H]1O[C@H](CO)[C@@H](O)[C@H](O)[C@H]1O)NC(=O)[C@@H](O)CCCCCCCCCCCCCCCCCC. The van der Waals surface area contributed by atoms with Crippen molar-refractivity contribution in [3.63, 3.8) is 0 Å². The molecular formula is C44H83NO9. The molecule has 1 rings (SSSR count). The molecule has 1 saturated heterocycles. The quantitative estimate of drug-likeness (QED) is 0.0250. The number of hydrogen-bond donors (Lipinski definition) is 7. The van der Waals surface area contributed by atoms with Gasteiger partial charge in [-0.2, -0.15) is 0 Å². The fourth-order valence-corrected chi connectivity index (χ4v) is 6.94. The number of amides is 1. The summed E-state index contributed by atoms with van der Waals surface area (Å²) in [6, 6.07) is -0.991. The third-order valence-corrected chi connectivity index (χ3v) is 10.6. The van der Waals surface area contributed by atoms with Gasteiger partial charge < -0.3 is 45.4 Å². The Bertz CT molecular complexity index is 916. The fourth-order valence-electron chi connectivity index (χ4n) is 6.94. The van der Waals surface area contributed by atoms with E-state index in [1.54, 1.807) is 6.08 Å².